The number of pyridine rings is 1. The van der Waals surface area contributed by atoms with Gasteiger partial charge in [-0.2, -0.15) is 0 Å². The van der Waals surface area contributed by atoms with E-state index in [1.54, 1.807) is 26.2 Å². The van der Waals surface area contributed by atoms with Crippen LogP contribution in [0.15, 0.2) is 18.6 Å². The highest BCUT2D eigenvalue weighted by molar-refractivity contribution is 5.47. The second-order valence-corrected chi connectivity index (χ2v) is 4.44. The summed E-state index contributed by atoms with van der Waals surface area (Å²) in [5, 5.41) is 11.1. The first-order chi connectivity index (χ1) is 9.04. The number of aromatic nitrogens is 3. The zero-order chi connectivity index (χ0) is 14.0. The predicted octanol–water partition coefficient (Wildman–Crippen LogP) is 2.41. The third-order valence-electron chi connectivity index (χ3n) is 3.20. The minimum Gasteiger partial charge on any atom is -0.329 e. The van der Waals surface area contributed by atoms with Crippen molar-refractivity contribution >= 4 is 5.69 Å². The van der Waals surface area contributed by atoms with Crippen LogP contribution in [0.4, 0.5) is 5.69 Å². The molecular weight excluding hydrogens is 244 g/mol. The molecule has 0 aliphatic rings. The third kappa shape index (κ3) is 2.47. The van der Waals surface area contributed by atoms with Gasteiger partial charge in [-0.25, -0.2) is 4.98 Å². The number of aryl methyl sites for hydroxylation is 2. The Morgan fingerprint density at radius 2 is 2.11 bits per heavy atom. The average molecular weight is 260 g/mol. The van der Waals surface area contributed by atoms with Crippen molar-refractivity contribution in [3.8, 4) is 0 Å². The van der Waals surface area contributed by atoms with Crippen molar-refractivity contribution in [2.45, 2.75) is 33.7 Å². The molecule has 2 aromatic heterocycles. The zero-order valence-electron chi connectivity index (χ0n) is 11.3. The molecule has 0 spiro atoms. The van der Waals surface area contributed by atoms with Crippen LogP contribution in [-0.2, 0) is 13.0 Å². The highest BCUT2D eigenvalue weighted by Gasteiger charge is 2.19. The van der Waals surface area contributed by atoms with Gasteiger partial charge in [0.25, 0.3) is 5.69 Å². The van der Waals surface area contributed by atoms with E-state index in [-0.39, 0.29) is 10.6 Å². The van der Waals surface area contributed by atoms with E-state index in [0.717, 1.165) is 12.2 Å². The van der Waals surface area contributed by atoms with Crippen LogP contribution in [0.1, 0.15) is 29.6 Å². The lowest BCUT2D eigenvalue weighted by atomic mass is 10.1. The number of nitro groups is 1. The average Bonchev–Trinajstić information content (AvgIpc) is 2.79. The summed E-state index contributed by atoms with van der Waals surface area (Å²) in [6.07, 6.45) is 5.98. The molecule has 2 aromatic rings. The molecule has 0 fully saturated rings. The largest absolute Gasteiger partial charge is 0.329 e. The molecule has 0 aliphatic heterocycles. The van der Waals surface area contributed by atoms with Crippen LogP contribution >= 0.6 is 0 Å². The topological polar surface area (TPSA) is 73.8 Å². The summed E-state index contributed by atoms with van der Waals surface area (Å²) in [5.41, 5.74) is 2.08. The highest BCUT2D eigenvalue weighted by Crippen LogP contribution is 2.24. The molecule has 0 atom stereocenters. The molecule has 0 aliphatic carbocycles. The smallest absolute Gasteiger partial charge is 0.278 e. The molecule has 0 saturated carbocycles. The van der Waals surface area contributed by atoms with Crippen LogP contribution in [-0.4, -0.2) is 19.5 Å². The second kappa shape index (κ2) is 5.17. The predicted molar refractivity (Wildman–Crippen MR) is 71.1 cm³/mol. The van der Waals surface area contributed by atoms with Gasteiger partial charge in [-0.15, -0.1) is 0 Å². The van der Waals surface area contributed by atoms with Crippen molar-refractivity contribution in [1.82, 2.24) is 14.5 Å². The number of hydrogen-bond donors (Lipinski definition) is 0. The molecule has 100 valence electrons. The van der Waals surface area contributed by atoms with Crippen LogP contribution < -0.4 is 0 Å². The molecule has 6 heteroatoms. The van der Waals surface area contributed by atoms with Crippen molar-refractivity contribution < 1.29 is 4.92 Å². The Balaban J connectivity index is 2.42. The summed E-state index contributed by atoms with van der Waals surface area (Å²) < 4.78 is 1.97. The Morgan fingerprint density at radius 3 is 2.74 bits per heavy atom. The lowest BCUT2D eigenvalue weighted by Gasteiger charge is -2.10. The minimum atomic E-state index is -0.343. The Morgan fingerprint density at radius 1 is 1.37 bits per heavy atom. The van der Waals surface area contributed by atoms with Crippen molar-refractivity contribution in [3.63, 3.8) is 0 Å². The van der Waals surface area contributed by atoms with E-state index in [2.05, 4.69) is 9.97 Å². The van der Waals surface area contributed by atoms with E-state index in [0.29, 0.717) is 23.4 Å². The lowest BCUT2D eigenvalue weighted by Crippen LogP contribution is -2.09. The second-order valence-electron chi connectivity index (χ2n) is 4.44. The van der Waals surface area contributed by atoms with Crippen LogP contribution in [0.3, 0.4) is 0 Å². The molecule has 0 amide bonds. The first-order valence-corrected chi connectivity index (χ1v) is 6.14. The van der Waals surface area contributed by atoms with Gasteiger partial charge < -0.3 is 4.57 Å². The third-order valence-corrected chi connectivity index (χ3v) is 3.20. The summed E-state index contributed by atoms with van der Waals surface area (Å²) in [6.45, 7) is 5.99. The summed E-state index contributed by atoms with van der Waals surface area (Å²) in [5.74, 6) is 0.949. The normalized spacial score (nSPS) is 10.7. The van der Waals surface area contributed by atoms with Gasteiger partial charge in [0.2, 0.25) is 0 Å². The van der Waals surface area contributed by atoms with E-state index in [9.17, 15) is 10.1 Å². The number of imidazole rings is 1. The van der Waals surface area contributed by atoms with E-state index < -0.39 is 0 Å². The Hall–Kier alpha value is -2.24. The van der Waals surface area contributed by atoms with Gasteiger partial charge in [0.1, 0.15) is 5.82 Å². The van der Waals surface area contributed by atoms with Gasteiger partial charge in [0.15, 0.2) is 0 Å². The van der Waals surface area contributed by atoms with Gasteiger partial charge >= 0.3 is 0 Å². The van der Waals surface area contributed by atoms with Gasteiger partial charge in [-0.3, -0.25) is 15.1 Å². The molecule has 0 radical (unpaired) electrons. The Kier molecular flexibility index (Phi) is 3.59. The van der Waals surface area contributed by atoms with Crippen molar-refractivity contribution in [2.75, 3.05) is 0 Å². The highest BCUT2D eigenvalue weighted by atomic mass is 16.6. The van der Waals surface area contributed by atoms with E-state index in [4.69, 9.17) is 0 Å². The van der Waals surface area contributed by atoms with Crippen LogP contribution in [0.2, 0.25) is 0 Å². The fourth-order valence-corrected chi connectivity index (χ4v) is 2.17. The molecule has 6 nitrogen and oxygen atoms in total. The SMILES string of the molecule is CCc1nccn1Cc1ncc(C)c([N+](=O)[O-])c1C. The van der Waals surface area contributed by atoms with E-state index >= 15 is 0 Å². The molecular formula is C13H16N4O2. The Bertz CT molecular complexity index is 619. The zero-order valence-corrected chi connectivity index (χ0v) is 11.3. The fraction of sp³-hybridized carbons (Fsp3) is 0.385. The maximum atomic E-state index is 11.1. The molecule has 19 heavy (non-hydrogen) atoms. The standard InChI is InChI=1S/C13H16N4O2/c1-4-12-14-5-6-16(12)8-11-10(3)13(17(18)19)9(2)7-15-11/h5-7H,4,8H2,1-3H3. The minimum absolute atomic E-state index is 0.156. The maximum Gasteiger partial charge on any atom is 0.278 e. The fourth-order valence-electron chi connectivity index (χ4n) is 2.17. The number of hydrogen-bond acceptors (Lipinski definition) is 4. The van der Waals surface area contributed by atoms with Gasteiger partial charge in [0.05, 0.1) is 22.7 Å². The van der Waals surface area contributed by atoms with Gasteiger partial charge in [-0.05, 0) is 13.8 Å². The first-order valence-electron chi connectivity index (χ1n) is 6.14. The van der Waals surface area contributed by atoms with Crippen LogP contribution in [0.5, 0.6) is 0 Å². The first kappa shape index (κ1) is 13.2. The van der Waals surface area contributed by atoms with E-state index in [1.807, 2.05) is 17.7 Å². The van der Waals surface area contributed by atoms with Crippen LogP contribution in [0.25, 0.3) is 0 Å². The van der Waals surface area contributed by atoms with Gasteiger partial charge in [0, 0.05) is 30.6 Å². The summed E-state index contributed by atoms with van der Waals surface area (Å²) in [6, 6.07) is 0. The number of rotatable bonds is 4. The monoisotopic (exact) mass is 260 g/mol. The maximum absolute atomic E-state index is 11.1. The summed E-state index contributed by atoms with van der Waals surface area (Å²) >= 11 is 0. The van der Waals surface area contributed by atoms with E-state index in [1.165, 1.54) is 0 Å². The van der Waals surface area contributed by atoms with Gasteiger partial charge in [-0.1, -0.05) is 6.92 Å². The lowest BCUT2D eigenvalue weighted by molar-refractivity contribution is -0.386. The molecule has 0 N–H and O–H groups in total. The van der Waals surface area contributed by atoms with Crippen LogP contribution in [0, 0.1) is 24.0 Å². The molecule has 2 rings (SSSR count). The summed E-state index contributed by atoms with van der Waals surface area (Å²) in [7, 11) is 0. The molecule has 2 heterocycles. The summed E-state index contributed by atoms with van der Waals surface area (Å²) in [4.78, 5) is 19.3. The quantitative estimate of drug-likeness (QED) is 0.625. The molecule has 0 aromatic carbocycles. The van der Waals surface area contributed by atoms with Crippen molar-refractivity contribution in [1.29, 1.82) is 0 Å². The Labute approximate surface area is 111 Å². The molecule has 0 unspecified atom stereocenters. The number of nitrogens with zero attached hydrogens (tertiary/aromatic N) is 4. The van der Waals surface area contributed by atoms with Crippen molar-refractivity contribution in [2.24, 2.45) is 0 Å². The van der Waals surface area contributed by atoms with Crippen molar-refractivity contribution in [3.05, 3.63) is 51.4 Å². The molecule has 0 bridgehead atoms. The molecule has 0 saturated heterocycles.